The van der Waals surface area contributed by atoms with E-state index in [-0.39, 0.29) is 5.82 Å². The molecule has 4 nitrogen and oxygen atoms in total. The van der Waals surface area contributed by atoms with Gasteiger partial charge in [-0.2, -0.15) is 5.10 Å². The van der Waals surface area contributed by atoms with Crippen molar-refractivity contribution < 1.29 is 4.39 Å². The van der Waals surface area contributed by atoms with Gasteiger partial charge < -0.3 is 5.32 Å². The first kappa shape index (κ1) is 13.7. The molecule has 2 aromatic rings. The second-order valence-corrected chi connectivity index (χ2v) is 5.01. The molecule has 0 spiro atoms. The molecule has 2 rings (SSSR count). The van der Waals surface area contributed by atoms with Crippen LogP contribution in [0.2, 0.25) is 0 Å². The van der Waals surface area contributed by atoms with Gasteiger partial charge in [0.1, 0.15) is 5.82 Å². The first-order valence-electron chi connectivity index (χ1n) is 6.39. The number of rotatable bonds is 4. The predicted molar refractivity (Wildman–Crippen MR) is 72.8 cm³/mol. The molecule has 0 amide bonds. The fraction of sp³-hybridized carbons (Fsp3) is 0.429. The smallest absolute Gasteiger partial charge is 0.158 e. The second kappa shape index (κ2) is 5.48. The van der Waals surface area contributed by atoms with Crippen molar-refractivity contribution in [1.29, 1.82) is 0 Å². The monoisotopic (exact) mass is 262 g/mol. The quantitative estimate of drug-likeness (QED) is 0.920. The minimum Gasteiger partial charge on any atom is -0.310 e. The fourth-order valence-corrected chi connectivity index (χ4v) is 1.95. The molecule has 102 valence electrons. The molecule has 1 N–H and O–H groups in total. The summed E-state index contributed by atoms with van der Waals surface area (Å²) >= 11 is 0. The highest BCUT2D eigenvalue weighted by molar-refractivity contribution is 5.35. The third-order valence-electron chi connectivity index (χ3n) is 2.82. The van der Waals surface area contributed by atoms with Gasteiger partial charge in [0.05, 0.1) is 11.9 Å². The van der Waals surface area contributed by atoms with Gasteiger partial charge in [-0.15, -0.1) is 0 Å². The summed E-state index contributed by atoms with van der Waals surface area (Å²) in [6.45, 7) is 8.56. The largest absolute Gasteiger partial charge is 0.310 e. The van der Waals surface area contributed by atoms with E-state index in [0.29, 0.717) is 18.4 Å². The van der Waals surface area contributed by atoms with Crippen molar-refractivity contribution in [3.05, 3.63) is 41.1 Å². The lowest BCUT2D eigenvalue weighted by Crippen LogP contribution is -2.23. The van der Waals surface area contributed by atoms with E-state index in [1.807, 2.05) is 19.9 Å². The van der Waals surface area contributed by atoms with E-state index in [4.69, 9.17) is 0 Å². The molecule has 19 heavy (non-hydrogen) atoms. The SMILES string of the molecule is Cc1cc(C)n(-c2ncc(F)cc2CNC(C)C)n1. The number of pyridine rings is 1. The number of nitrogens with one attached hydrogen (secondary N) is 1. The predicted octanol–water partition coefficient (Wildman–Crippen LogP) is 2.52. The van der Waals surface area contributed by atoms with Crippen molar-refractivity contribution >= 4 is 0 Å². The Morgan fingerprint density at radius 1 is 1.32 bits per heavy atom. The third-order valence-corrected chi connectivity index (χ3v) is 2.82. The molecule has 2 heterocycles. The van der Waals surface area contributed by atoms with Crippen LogP contribution in [0.5, 0.6) is 0 Å². The van der Waals surface area contributed by atoms with Crippen LogP contribution in [0, 0.1) is 19.7 Å². The van der Waals surface area contributed by atoms with Crippen LogP contribution in [-0.4, -0.2) is 20.8 Å². The van der Waals surface area contributed by atoms with E-state index < -0.39 is 0 Å². The highest BCUT2D eigenvalue weighted by atomic mass is 19.1. The lowest BCUT2D eigenvalue weighted by Gasteiger charge is -2.13. The zero-order valence-corrected chi connectivity index (χ0v) is 11.7. The van der Waals surface area contributed by atoms with E-state index in [1.165, 1.54) is 12.3 Å². The topological polar surface area (TPSA) is 42.7 Å². The lowest BCUT2D eigenvalue weighted by molar-refractivity contribution is 0.573. The molecule has 2 aromatic heterocycles. The highest BCUT2D eigenvalue weighted by Gasteiger charge is 2.12. The minimum absolute atomic E-state index is 0.328. The average Bonchev–Trinajstić information content (AvgIpc) is 2.66. The van der Waals surface area contributed by atoms with Gasteiger partial charge in [0.15, 0.2) is 5.82 Å². The Hall–Kier alpha value is -1.75. The zero-order valence-electron chi connectivity index (χ0n) is 11.7. The summed E-state index contributed by atoms with van der Waals surface area (Å²) in [6.07, 6.45) is 1.23. The Bertz CT molecular complexity index is 575. The van der Waals surface area contributed by atoms with Gasteiger partial charge >= 0.3 is 0 Å². The fourth-order valence-electron chi connectivity index (χ4n) is 1.95. The Morgan fingerprint density at radius 3 is 2.63 bits per heavy atom. The third kappa shape index (κ3) is 3.17. The maximum atomic E-state index is 13.4. The Balaban J connectivity index is 2.41. The second-order valence-electron chi connectivity index (χ2n) is 5.01. The molecule has 0 aromatic carbocycles. The molecule has 0 aliphatic rings. The molecule has 0 fully saturated rings. The summed E-state index contributed by atoms with van der Waals surface area (Å²) in [7, 11) is 0. The summed E-state index contributed by atoms with van der Waals surface area (Å²) in [5, 5.41) is 7.68. The molecular formula is C14H19FN4. The molecule has 5 heteroatoms. The van der Waals surface area contributed by atoms with Gasteiger partial charge in [0.2, 0.25) is 0 Å². The highest BCUT2D eigenvalue weighted by Crippen LogP contribution is 2.16. The summed E-state index contributed by atoms with van der Waals surface area (Å²) in [6, 6.07) is 3.82. The summed E-state index contributed by atoms with van der Waals surface area (Å²) in [4.78, 5) is 4.19. The van der Waals surface area contributed by atoms with Gasteiger partial charge in [0, 0.05) is 23.8 Å². The number of aryl methyl sites for hydroxylation is 2. The normalized spacial score (nSPS) is 11.3. The molecule has 0 atom stereocenters. The number of hydrogen-bond acceptors (Lipinski definition) is 3. The van der Waals surface area contributed by atoms with Crippen LogP contribution in [0.1, 0.15) is 30.8 Å². The molecular weight excluding hydrogens is 243 g/mol. The average molecular weight is 262 g/mol. The van der Waals surface area contributed by atoms with E-state index in [0.717, 1.165) is 17.0 Å². The Morgan fingerprint density at radius 2 is 2.05 bits per heavy atom. The molecule has 0 aliphatic carbocycles. The molecule has 0 saturated heterocycles. The van der Waals surface area contributed by atoms with Crippen LogP contribution in [-0.2, 0) is 6.54 Å². The first-order valence-corrected chi connectivity index (χ1v) is 6.39. The van der Waals surface area contributed by atoms with Crippen molar-refractivity contribution in [2.75, 3.05) is 0 Å². The minimum atomic E-state index is -0.328. The zero-order chi connectivity index (χ0) is 14.0. The van der Waals surface area contributed by atoms with Crippen molar-refractivity contribution in [3.8, 4) is 5.82 Å². The van der Waals surface area contributed by atoms with Crippen LogP contribution >= 0.6 is 0 Å². The van der Waals surface area contributed by atoms with Crippen molar-refractivity contribution in [3.63, 3.8) is 0 Å². The number of aromatic nitrogens is 3. The molecule has 0 radical (unpaired) electrons. The van der Waals surface area contributed by atoms with Crippen LogP contribution in [0.3, 0.4) is 0 Å². The maximum absolute atomic E-state index is 13.4. The van der Waals surface area contributed by atoms with E-state index >= 15 is 0 Å². The number of hydrogen-bond donors (Lipinski definition) is 1. The number of halogens is 1. The Labute approximate surface area is 112 Å². The van der Waals surface area contributed by atoms with E-state index in [9.17, 15) is 4.39 Å². The number of nitrogens with zero attached hydrogens (tertiary/aromatic N) is 3. The molecule has 0 aliphatic heterocycles. The van der Waals surface area contributed by atoms with Gasteiger partial charge in [-0.1, -0.05) is 13.8 Å². The van der Waals surface area contributed by atoms with Crippen LogP contribution in [0.15, 0.2) is 18.3 Å². The van der Waals surface area contributed by atoms with Crippen LogP contribution in [0.25, 0.3) is 5.82 Å². The Kier molecular flexibility index (Phi) is 3.95. The summed E-state index contributed by atoms with van der Waals surface area (Å²) in [5.41, 5.74) is 2.72. The first-order chi connectivity index (χ1) is 8.97. The van der Waals surface area contributed by atoms with Gasteiger partial charge in [-0.25, -0.2) is 14.1 Å². The van der Waals surface area contributed by atoms with Gasteiger partial charge in [0.25, 0.3) is 0 Å². The molecule has 0 unspecified atom stereocenters. The maximum Gasteiger partial charge on any atom is 0.158 e. The van der Waals surface area contributed by atoms with Gasteiger partial charge in [-0.3, -0.25) is 0 Å². The molecule has 0 bridgehead atoms. The van der Waals surface area contributed by atoms with Crippen LogP contribution in [0.4, 0.5) is 4.39 Å². The van der Waals surface area contributed by atoms with E-state index in [2.05, 4.69) is 29.2 Å². The lowest BCUT2D eigenvalue weighted by atomic mass is 10.2. The van der Waals surface area contributed by atoms with Crippen LogP contribution < -0.4 is 5.32 Å². The molecule has 0 saturated carbocycles. The standard InChI is InChI=1S/C14H19FN4/c1-9(2)16-7-12-6-13(15)8-17-14(12)19-11(4)5-10(3)18-19/h5-6,8-9,16H,7H2,1-4H3. The summed E-state index contributed by atoms with van der Waals surface area (Å²) in [5.74, 6) is 0.353. The van der Waals surface area contributed by atoms with Crippen molar-refractivity contribution in [1.82, 2.24) is 20.1 Å². The van der Waals surface area contributed by atoms with Gasteiger partial charge in [-0.05, 0) is 26.0 Å². The van der Waals surface area contributed by atoms with E-state index in [1.54, 1.807) is 4.68 Å². The van der Waals surface area contributed by atoms with Crippen molar-refractivity contribution in [2.45, 2.75) is 40.3 Å². The summed E-state index contributed by atoms with van der Waals surface area (Å²) < 4.78 is 15.1. The van der Waals surface area contributed by atoms with Crippen molar-refractivity contribution in [2.24, 2.45) is 0 Å².